The summed E-state index contributed by atoms with van der Waals surface area (Å²) >= 11 is 1.03. The number of ether oxygens (including phenoxy) is 2. The van der Waals surface area contributed by atoms with Crippen molar-refractivity contribution in [2.45, 2.75) is 17.9 Å². The predicted octanol–water partition coefficient (Wildman–Crippen LogP) is 0.592. The lowest BCUT2D eigenvalue weighted by Crippen LogP contribution is -2.26. The number of methoxy groups -OCH3 is 2. The molecule has 0 saturated carbocycles. The van der Waals surface area contributed by atoms with Crippen molar-refractivity contribution in [1.29, 1.82) is 0 Å². The number of hydrogen-bond acceptors (Lipinski definition) is 8. The predicted molar refractivity (Wildman–Crippen MR) is 75.4 cm³/mol. The van der Waals surface area contributed by atoms with Crippen molar-refractivity contribution in [2.24, 2.45) is 0 Å². The first-order valence-electron chi connectivity index (χ1n) is 5.69. The van der Waals surface area contributed by atoms with E-state index in [4.69, 9.17) is 15.2 Å². The second-order valence-corrected chi connectivity index (χ2v) is 6.81. The Morgan fingerprint density at radius 2 is 2.16 bits per heavy atom. The molecule has 1 rings (SSSR count). The molecule has 9 heteroatoms. The largest absolute Gasteiger partial charge is 0.382 e. The van der Waals surface area contributed by atoms with Gasteiger partial charge in [-0.2, -0.15) is 4.37 Å². The van der Waals surface area contributed by atoms with Gasteiger partial charge in [-0.1, -0.05) is 6.92 Å². The molecular weight excluding hydrogens is 290 g/mol. The van der Waals surface area contributed by atoms with Crippen LogP contribution in [0, 0.1) is 0 Å². The Kier molecular flexibility index (Phi) is 5.98. The molecule has 7 nitrogen and oxygen atoms in total. The van der Waals surface area contributed by atoms with Gasteiger partial charge in [0, 0.05) is 20.8 Å². The van der Waals surface area contributed by atoms with Crippen molar-refractivity contribution < 1.29 is 17.9 Å². The molecule has 0 spiro atoms. The van der Waals surface area contributed by atoms with Crippen LogP contribution in [0.2, 0.25) is 0 Å². The number of nitrogen functional groups attached to an aromatic ring is 1. The number of rotatable bonds is 8. The van der Waals surface area contributed by atoms with Crippen molar-refractivity contribution in [3.05, 3.63) is 0 Å². The van der Waals surface area contributed by atoms with E-state index in [9.17, 15) is 8.42 Å². The van der Waals surface area contributed by atoms with Crippen LogP contribution >= 0.6 is 11.5 Å². The Labute approximate surface area is 117 Å². The molecule has 110 valence electrons. The van der Waals surface area contributed by atoms with Gasteiger partial charge in [-0.25, -0.2) is 8.42 Å². The maximum absolute atomic E-state index is 11.9. The zero-order valence-electron chi connectivity index (χ0n) is 11.2. The number of sulfone groups is 1. The maximum atomic E-state index is 11.9. The van der Waals surface area contributed by atoms with E-state index in [1.165, 1.54) is 0 Å². The van der Waals surface area contributed by atoms with Gasteiger partial charge in [0.1, 0.15) is 9.90 Å². The number of aromatic nitrogens is 1. The molecule has 0 radical (unpaired) electrons. The molecule has 0 bridgehead atoms. The van der Waals surface area contributed by atoms with E-state index in [0.29, 0.717) is 18.2 Å². The fourth-order valence-corrected chi connectivity index (χ4v) is 3.63. The minimum atomic E-state index is -3.39. The summed E-state index contributed by atoms with van der Waals surface area (Å²) in [5.74, 6) is 0.0193. The normalized spacial score (nSPS) is 13.4. The van der Waals surface area contributed by atoms with Crippen LogP contribution in [0.3, 0.4) is 0 Å². The lowest BCUT2D eigenvalue weighted by Gasteiger charge is -2.15. The average Bonchev–Trinajstić information content (AvgIpc) is 2.76. The zero-order valence-corrected chi connectivity index (χ0v) is 12.8. The highest BCUT2D eigenvalue weighted by Gasteiger charge is 2.24. The van der Waals surface area contributed by atoms with E-state index < -0.39 is 9.84 Å². The van der Waals surface area contributed by atoms with Gasteiger partial charge >= 0.3 is 0 Å². The van der Waals surface area contributed by atoms with E-state index in [-0.39, 0.29) is 22.6 Å². The highest BCUT2D eigenvalue weighted by atomic mass is 32.2. The Balaban J connectivity index is 2.86. The molecular formula is C10H19N3O4S2. The first kappa shape index (κ1) is 16.2. The molecule has 1 aromatic heterocycles. The molecule has 0 amide bonds. The first-order valence-corrected chi connectivity index (χ1v) is 8.12. The lowest BCUT2D eigenvalue weighted by molar-refractivity contribution is 0.0366. The number of nitrogens with zero attached hydrogens (tertiary/aromatic N) is 1. The fourth-order valence-electron chi connectivity index (χ4n) is 1.45. The van der Waals surface area contributed by atoms with Crippen LogP contribution in [0.15, 0.2) is 4.90 Å². The molecule has 1 heterocycles. The Hall–Kier alpha value is -0.900. The smallest absolute Gasteiger partial charge is 0.184 e. The molecule has 19 heavy (non-hydrogen) atoms. The van der Waals surface area contributed by atoms with Crippen molar-refractivity contribution in [3.63, 3.8) is 0 Å². The Bertz CT molecular complexity index is 501. The van der Waals surface area contributed by atoms with Crippen LogP contribution in [-0.2, 0) is 19.3 Å². The number of nitrogens with two attached hydrogens (primary N) is 1. The topological polar surface area (TPSA) is 104 Å². The Morgan fingerprint density at radius 3 is 2.68 bits per heavy atom. The Morgan fingerprint density at radius 1 is 1.47 bits per heavy atom. The molecule has 0 aromatic carbocycles. The monoisotopic (exact) mass is 309 g/mol. The quantitative estimate of drug-likeness (QED) is 0.724. The third kappa shape index (κ3) is 4.03. The molecule has 0 saturated heterocycles. The van der Waals surface area contributed by atoms with E-state index in [1.807, 2.05) is 0 Å². The summed E-state index contributed by atoms with van der Waals surface area (Å²) in [6.07, 6.45) is -0.175. The second-order valence-electron chi connectivity index (χ2n) is 3.82. The third-order valence-electron chi connectivity index (χ3n) is 2.54. The second kappa shape index (κ2) is 7.04. The molecule has 0 aliphatic rings. The molecule has 1 unspecified atom stereocenters. The molecule has 0 aliphatic carbocycles. The van der Waals surface area contributed by atoms with Crippen LogP contribution in [0.5, 0.6) is 0 Å². The van der Waals surface area contributed by atoms with Crippen molar-refractivity contribution in [1.82, 2.24) is 4.37 Å². The molecule has 1 atom stereocenters. The van der Waals surface area contributed by atoms with E-state index in [0.717, 1.165) is 11.5 Å². The SMILES string of the molecule is CCS(=O)(=O)c1c(N)nsc1NCC(COC)OC. The summed E-state index contributed by atoms with van der Waals surface area (Å²) in [6.45, 7) is 2.39. The minimum Gasteiger partial charge on any atom is -0.382 e. The maximum Gasteiger partial charge on any atom is 0.184 e. The fraction of sp³-hybridized carbons (Fsp3) is 0.700. The van der Waals surface area contributed by atoms with Gasteiger partial charge in [0.05, 0.1) is 18.5 Å². The van der Waals surface area contributed by atoms with E-state index >= 15 is 0 Å². The average molecular weight is 309 g/mol. The van der Waals surface area contributed by atoms with Crippen molar-refractivity contribution in [2.75, 3.05) is 44.2 Å². The summed E-state index contributed by atoms with van der Waals surface area (Å²) in [7, 11) is -0.256. The van der Waals surface area contributed by atoms with Crippen LogP contribution in [0.4, 0.5) is 10.8 Å². The standard InChI is InChI=1S/C10H19N3O4S2/c1-4-19(14,15)8-9(11)13-18-10(8)12-5-7(17-3)6-16-2/h7,12H,4-6H2,1-3H3,(H2,11,13). The summed E-state index contributed by atoms with van der Waals surface area (Å²) in [5, 5.41) is 3.44. The minimum absolute atomic E-state index is 0.0178. The highest BCUT2D eigenvalue weighted by molar-refractivity contribution is 7.91. The number of anilines is 2. The summed E-state index contributed by atoms with van der Waals surface area (Å²) in [4.78, 5) is 0.0762. The first-order chi connectivity index (χ1) is 8.96. The van der Waals surface area contributed by atoms with Gasteiger partial charge in [-0.3, -0.25) is 0 Å². The van der Waals surface area contributed by atoms with Crippen molar-refractivity contribution >= 4 is 32.2 Å². The van der Waals surface area contributed by atoms with Gasteiger partial charge in [-0.15, -0.1) is 0 Å². The number of hydrogen-bond donors (Lipinski definition) is 2. The van der Waals surface area contributed by atoms with Gasteiger partial charge in [0.25, 0.3) is 0 Å². The van der Waals surface area contributed by atoms with Crippen LogP contribution in [-0.4, -0.2) is 52.0 Å². The molecule has 1 aromatic rings. The van der Waals surface area contributed by atoms with Gasteiger partial charge in [0.2, 0.25) is 0 Å². The third-order valence-corrected chi connectivity index (χ3v) is 5.28. The highest BCUT2D eigenvalue weighted by Crippen LogP contribution is 2.32. The van der Waals surface area contributed by atoms with Crippen LogP contribution in [0.1, 0.15) is 6.92 Å². The summed E-state index contributed by atoms with van der Waals surface area (Å²) < 4.78 is 37.9. The van der Waals surface area contributed by atoms with Gasteiger partial charge < -0.3 is 20.5 Å². The van der Waals surface area contributed by atoms with E-state index in [1.54, 1.807) is 21.1 Å². The molecule has 0 fully saturated rings. The van der Waals surface area contributed by atoms with Crippen LogP contribution < -0.4 is 11.1 Å². The van der Waals surface area contributed by atoms with Gasteiger partial charge in [-0.05, 0) is 11.5 Å². The van der Waals surface area contributed by atoms with E-state index in [2.05, 4.69) is 9.69 Å². The molecule has 3 N–H and O–H groups in total. The molecule has 0 aliphatic heterocycles. The van der Waals surface area contributed by atoms with Crippen molar-refractivity contribution in [3.8, 4) is 0 Å². The summed E-state index contributed by atoms with van der Waals surface area (Å²) in [6, 6.07) is 0. The number of nitrogens with one attached hydrogen (secondary N) is 1. The van der Waals surface area contributed by atoms with Crippen LogP contribution in [0.25, 0.3) is 0 Å². The summed E-state index contributed by atoms with van der Waals surface area (Å²) in [5.41, 5.74) is 5.62. The van der Waals surface area contributed by atoms with Gasteiger partial charge in [0.15, 0.2) is 15.7 Å². The lowest BCUT2D eigenvalue weighted by atomic mass is 10.4. The zero-order chi connectivity index (χ0) is 14.5.